The minimum absolute atomic E-state index is 0.0229. The number of hydrogen-bond donors (Lipinski definition) is 1. The Balaban J connectivity index is 1.58. The number of para-hydroxylation sites is 1. The lowest BCUT2D eigenvalue weighted by Gasteiger charge is -2.23. The van der Waals surface area contributed by atoms with Crippen molar-refractivity contribution in [3.63, 3.8) is 0 Å². The van der Waals surface area contributed by atoms with Crippen molar-refractivity contribution in [2.45, 2.75) is 39.8 Å². The molecule has 0 unspecified atom stereocenters. The third-order valence-corrected chi connectivity index (χ3v) is 4.68. The number of hydrogen-bond acceptors (Lipinski definition) is 3. The Morgan fingerprint density at radius 1 is 1.18 bits per heavy atom. The van der Waals surface area contributed by atoms with Crippen LogP contribution in [0.2, 0.25) is 0 Å². The summed E-state index contributed by atoms with van der Waals surface area (Å²) in [5.41, 5.74) is 3.26. The van der Waals surface area contributed by atoms with Crippen molar-refractivity contribution in [1.82, 2.24) is 19.1 Å². The molecular weight excluding hydrogens is 357 g/mol. The van der Waals surface area contributed by atoms with Crippen LogP contribution in [-0.4, -0.2) is 25.0 Å². The van der Waals surface area contributed by atoms with E-state index >= 15 is 0 Å². The summed E-state index contributed by atoms with van der Waals surface area (Å²) in [7, 11) is 0. The van der Waals surface area contributed by atoms with Crippen LogP contribution in [0.3, 0.4) is 0 Å². The summed E-state index contributed by atoms with van der Waals surface area (Å²) in [5.74, 6) is 0.271. The van der Waals surface area contributed by atoms with Gasteiger partial charge in [-0.05, 0) is 58.0 Å². The van der Waals surface area contributed by atoms with Crippen LogP contribution in [0.5, 0.6) is 0 Å². The number of nitrogens with one attached hydrogen (secondary N) is 1. The average molecular weight is 379 g/mol. The number of aryl methyl sites for hydroxylation is 1. The highest BCUT2D eigenvalue weighted by atomic mass is 19.1. The summed E-state index contributed by atoms with van der Waals surface area (Å²) in [4.78, 5) is 21.3. The molecule has 0 aliphatic rings. The van der Waals surface area contributed by atoms with E-state index in [1.54, 1.807) is 12.1 Å². The molecule has 144 valence electrons. The van der Waals surface area contributed by atoms with Gasteiger partial charge < -0.3 is 14.5 Å². The van der Waals surface area contributed by atoms with E-state index in [1.807, 2.05) is 25.1 Å². The van der Waals surface area contributed by atoms with Crippen LogP contribution in [-0.2, 0) is 16.9 Å². The fraction of sp³-hybridized carbons (Fsp3) is 0.286. The normalized spacial score (nSPS) is 12.0. The molecule has 0 atom stereocenters. The van der Waals surface area contributed by atoms with Crippen LogP contribution < -0.4 is 5.32 Å². The quantitative estimate of drug-likeness (QED) is 0.579. The van der Waals surface area contributed by atoms with Gasteiger partial charge in [-0.25, -0.2) is 14.4 Å². The predicted molar refractivity (Wildman–Crippen MR) is 108 cm³/mol. The Bertz CT molecular complexity index is 1200. The zero-order valence-corrected chi connectivity index (χ0v) is 16.3. The Morgan fingerprint density at radius 2 is 1.96 bits per heavy atom. The smallest absolute Gasteiger partial charge is 0.244 e. The van der Waals surface area contributed by atoms with Crippen LogP contribution >= 0.6 is 0 Å². The number of amides is 1. The first-order valence-electron chi connectivity index (χ1n) is 9.13. The average Bonchev–Trinajstić information content (AvgIpc) is 3.15. The number of halogens is 1. The Kier molecular flexibility index (Phi) is 4.18. The van der Waals surface area contributed by atoms with Crippen molar-refractivity contribution in [1.29, 1.82) is 0 Å². The standard InChI is InChI=1S/C21H22FN5O/c1-13-24-17-10-14(8-9-18(17)27(13)21(2,3)4)25-19(28)11-26-12-23-16-7-5-6-15(22)20(16)26/h5-10,12H,11H2,1-4H3,(H,25,28). The summed E-state index contributed by atoms with van der Waals surface area (Å²) in [6.07, 6.45) is 1.48. The van der Waals surface area contributed by atoms with Crippen LogP contribution in [0.15, 0.2) is 42.7 Å². The van der Waals surface area contributed by atoms with Gasteiger partial charge in [0, 0.05) is 11.2 Å². The third-order valence-electron chi connectivity index (χ3n) is 4.68. The first kappa shape index (κ1) is 18.2. The number of fused-ring (bicyclic) bond motifs is 2. The Hall–Kier alpha value is -3.22. The lowest BCUT2D eigenvalue weighted by Crippen LogP contribution is -2.22. The van der Waals surface area contributed by atoms with Gasteiger partial charge in [-0.15, -0.1) is 0 Å². The van der Waals surface area contributed by atoms with Crippen LogP contribution in [0.1, 0.15) is 26.6 Å². The fourth-order valence-corrected chi connectivity index (χ4v) is 3.68. The van der Waals surface area contributed by atoms with Gasteiger partial charge in [0.25, 0.3) is 0 Å². The third kappa shape index (κ3) is 3.13. The van der Waals surface area contributed by atoms with Gasteiger partial charge in [-0.2, -0.15) is 0 Å². The predicted octanol–water partition coefficient (Wildman–Crippen LogP) is 4.23. The topological polar surface area (TPSA) is 64.7 Å². The van der Waals surface area contributed by atoms with E-state index in [1.165, 1.54) is 17.0 Å². The molecule has 2 heterocycles. The lowest BCUT2D eigenvalue weighted by atomic mass is 10.1. The molecule has 0 bridgehead atoms. The van der Waals surface area contributed by atoms with Gasteiger partial charge >= 0.3 is 0 Å². The number of benzene rings is 2. The van der Waals surface area contributed by atoms with Gasteiger partial charge in [-0.3, -0.25) is 4.79 Å². The molecule has 1 N–H and O–H groups in total. The summed E-state index contributed by atoms with van der Waals surface area (Å²) in [6, 6.07) is 10.4. The minimum atomic E-state index is -0.396. The molecule has 4 aromatic rings. The maximum atomic E-state index is 14.1. The van der Waals surface area contributed by atoms with E-state index in [-0.39, 0.29) is 18.0 Å². The second-order valence-corrected chi connectivity index (χ2v) is 7.90. The zero-order valence-electron chi connectivity index (χ0n) is 16.3. The molecule has 6 nitrogen and oxygen atoms in total. The van der Waals surface area contributed by atoms with E-state index in [9.17, 15) is 9.18 Å². The minimum Gasteiger partial charge on any atom is -0.324 e. The molecule has 7 heteroatoms. The molecule has 0 saturated heterocycles. The summed E-state index contributed by atoms with van der Waals surface area (Å²) in [6.45, 7) is 8.34. The number of rotatable bonds is 3. The molecule has 0 aliphatic heterocycles. The molecule has 0 fully saturated rings. The van der Waals surface area contributed by atoms with Crippen LogP contribution in [0.25, 0.3) is 22.1 Å². The largest absolute Gasteiger partial charge is 0.324 e. The SMILES string of the molecule is Cc1nc2cc(NC(=O)Cn3cnc4cccc(F)c43)ccc2n1C(C)(C)C. The number of carbonyl (C=O) groups excluding carboxylic acids is 1. The molecule has 4 rings (SSSR count). The number of nitrogens with zero attached hydrogens (tertiary/aromatic N) is 4. The maximum absolute atomic E-state index is 14.1. The zero-order chi connectivity index (χ0) is 20.1. The van der Waals surface area contributed by atoms with Crippen molar-refractivity contribution < 1.29 is 9.18 Å². The van der Waals surface area contributed by atoms with Gasteiger partial charge in [0.2, 0.25) is 5.91 Å². The van der Waals surface area contributed by atoms with Crippen molar-refractivity contribution in [2.75, 3.05) is 5.32 Å². The maximum Gasteiger partial charge on any atom is 0.244 e. The van der Waals surface area contributed by atoms with E-state index in [2.05, 4.69) is 40.6 Å². The highest BCUT2D eigenvalue weighted by molar-refractivity contribution is 5.93. The van der Waals surface area contributed by atoms with Crippen molar-refractivity contribution in [2.24, 2.45) is 0 Å². The van der Waals surface area contributed by atoms with Crippen molar-refractivity contribution >= 4 is 33.7 Å². The highest BCUT2D eigenvalue weighted by Gasteiger charge is 2.19. The van der Waals surface area contributed by atoms with Gasteiger partial charge in [0.15, 0.2) is 0 Å². The van der Waals surface area contributed by atoms with Crippen molar-refractivity contribution in [3.05, 3.63) is 54.4 Å². The number of aromatic nitrogens is 4. The van der Waals surface area contributed by atoms with Crippen LogP contribution in [0, 0.1) is 12.7 Å². The van der Waals surface area contributed by atoms with Gasteiger partial charge in [0.1, 0.15) is 23.7 Å². The summed E-state index contributed by atoms with van der Waals surface area (Å²) >= 11 is 0. The molecule has 0 spiro atoms. The first-order chi connectivity index (χ1) is 13.2. The van der Waals surface area contributed by atoms with E-state index in [0.717, 1.165) is 16.9 Å². The monoisotopic (exact) mass is 379 g/mol. The Morgan fingerprint density at radius 3 is 2.71 bits per heavy atom. The molecular formula is C21H22FN5O. The molecule has 0 saturated carbocycles. The highest BCUT2D eigenvalue weighted by Crippen LogP contribution is 2.27. The second-order valence-electron chi connectivity index (χ2n) is 7.90. The van der Waals surface area contributed by atoms with E-state index in [4.69, 9.17) is 0 Å². The number of imidazole rings is 2. The number of carbonyl (C=O) groups is 1. The molecule has 2 aromatic heterocycles. The Labute approximate surface area is 162 Å². The number of anilines is 1. The molecule has 0 aliphatic carbocycles. The van der Waals surface area contributed by atoms with E-state index < -0.39 is 5.82 Å². The van der Waals surface area contributed by atoms with E-state index in [0.29, 0.717) is 16.7 Å². The lowest BCUT2D eigenvalue weighted by molar-refractivity contribution is -0.116. The van der Waals surface area contributed by atoms with Gasteiger partial charge in [0.05, 0.1) is 22.9 Å². The summed E-state index contributed by atoms with van der Waals surface area (Å²) in [5, 5.41) is 2.86. The second kappa shape index (κ2) is 6.44. The fourth-order valence-electron chi connectivity index (χ4n) is 3.68. The van der Waals surface area contributed by atoms with Crippen molar-refractivity contribution in [3.8, 4) is 0 Å². The van der Waals surface area contributed by atoms with Crippen LogP contribution in [0.4, 0.5) is 10.1 Å². The molecule has 28 heavy (non-hydrogen) atoms. The van der Waals surface area contributed by atoms with Gasteiger partial charge in [-0.1, -0.05) is 6.07 Å². The summed E-state index contributed by atoms with van der Waals surface area (Å²) < 4.78 is 17.8. The molecule has 1 amide bonds. The molecule has 2 aromatic carbocycles. The first-order valence-corrected chi connectivity index (χ1v) is 9.13. The molecule has 0 radical (unpaired) electrons.